The van der Waals surface area contributed by atoms with E-state index in [-0.39, 0.29) is 0 Å². The summed E-state index contributed by atoms with van der Waals surface area (Å²) in [6, 6.07) is 17.2. The first-order valence-corrected chi connectivity index (χ1v) is 7.58. The van der Waals surface area contributed by atoms with Gasteiger partial charge in [0.15, 0.2) is 0 Å². The van der Waals surface area contributed by atoms with Crippen molar-refractivity contribution in [3.05, 3.63) is 59.7 Å². The van der Waals surface area contributed by atoms with E-state index < -0.39 is 0 Å². The Morgan fingerprint density at radius 1 is 1.10 bits per heavy atom. The fraction of sp³-hybridized carbons (Fsp3) is 0.278. The second-order valence-corrected chi connectivity index (χ2v) is 6.04. The quantitative estimate of drug-likeness (QED) is 0.733. The molecule has 4 rings (SSSR count). The summed E-state index contributed by atoms with van der Waals surface area (Å²) < 4.78 is 0. The van der Waals surface area contributed by atoms with E-state index in [0.29, 0.717) is 12.0 Å². The molecule has 0 bridgehead atoms. The van der Waals surface area contributed by atoms with Gasteiger partial charge in [0.05, 0.1) is 17.1 Å². The van der Waals surface area contributed by atoms with E-state index in [9.17, 15) is 0 Å². The third-order valence-corrected chi connectivity index (χ3v) is 4.34. The number of anilines is 1. The number of benzene rings is 2. The average Bonchev–Trinajstić information content (AvgIpc) is 2.89. The molecule has 3 aromatic rings. The molecule has 1 aliphatic carbocycles. The zero-order valence-electron chi connectivity index (χ0n) is 12.1. The number of aromatic amines is 1. The maximum atomic E-state index is 4.64. The van der Waals surface area contributed by atoms with Gasteiger partial charge in [-0.05, 0) is 42.0 Å². The lowest BCUT2D eigenvalue weighted by Crippen LogP contribution is -2.22. The lowest BCUT2D eigenvalue weighted by molar-refractivity contribution is 0.455. The summed E-state index contributed by atoms with van der Waals surface area (Å²) in [6.45, 7) is 2.32. The molecule has 2 aromatic carbocycles. The van der Waals surface area contributed by atoms with Crippen molar-refractivity contribution in [3.63, 3.8) is 0 Å². The van der Waals surface area contributed by atoms with Gasteiger partial charge in [-0.2, -0.15) is 0 Å². The summed E-state index contributed by atoms with van der Waals surface area (Å²) in [5.74, 6) is 1.56. The Kier molecular flexibility index (Phi) is 2.92. The smallest absolute Gasteiger partial charge is 0.201 e. The molecule has 2 N–H and O–H groups in total. The van der Waals surface area contributed by atoms with Crippen molar-refractivity contribution in [2.45, 2.75) is 25.8 Å². The predicted molar refractivity (Wildman–Crippen MR) is 86.4 cm³/mol. The van der Waals surface area contributed by atoms with Crippen LogP contribution in [0.25, 0.3) is 11.0 Å². The van der Waals surface area contributed by atoms with E-state index in [1.807, 2.05) is 18.2 Å². The lowest BCUT2D eigenvalue weighted by Gasteiger charge is -2.30. The van der Waals surface area contributed by atoms with Crippen LogP contribution in [0.3, 0.4) is 0 Å². The highest BCUT2D eigenvalue weighted by Gasteiger charge is 2.24. The number of fused-ring (bicyclic) bond motifs is 2. The molecule has 1 aliphatic rings. The molecular formula is C18H19N3. The first-order chi connectivity index (χ1) is 10.3. The van der Waals surface area contributed by atoms with Crippen LogP contribution in [0.1, 0.15) is 30.5 Å². The normalized spacial score (nSPS) is 21.2. The molecule has 21 heavy (non-hydrogen) atoms. The van der Waals surface area contributed by atoms with E-state index in [4.69, 9.17) is 0 Å². The van der Waals surface area contributed by atoms with Gasteiger partial charge in [-0.15, -0.1) is 0 Å². The summed E-state index contributed by atoms with van der Waals surface area (Å²) in [5.41, 5.74) is 4.97. The number of nitrogens with one attached hydrogen (secondary N) is 2. The van der Waals surface area contributed by atoms with Crippen molar-refractivity contribution in [2.24, 2.45) is 5.92 Å². The zero-order valence-corrected chi connectivity index (χ0v) is 12.1. The number of para-hydroxylation sites is 2. The van der Waals surface area contributed by atoms with E-state index in [0.717, 1.165) is 23.4 Å². The molecule has 0 radical (unpaired) electrons. The Morgan fingerprint density at radius 2 is 1.90 bits per heavy atom. The molecule has 106 valence electrons. The molecular weight excluding hydrogens is 258 g/mol. The highest BCUT2D eigenvalue weighted by Crippen LogP contribution is 2.35. The largest absolute Gasteiger partial charge is 0.349 e. The number of hydrogen-bond acceptors (Lipinski definition) is 2. The van der Waals surface area contributed by atoms with Gasteiger partial charge in [-0.25, -0.2) is 4.98 Å². The monoisotopic (exact) mass is 277 g/mol. The minimum absolute atomic E-state index is 0.338. The van der Waals surface area contributed by atoms with E-state index in [1.54, 1.807) is 0 Å². The molecule has 0 fully saturated rings. The summed E-state index contributed by atoms with van der Waals surface area (Å²) in [5, 5.41) is 3.59. The molecule has 0 saturated heterocycles. The maximum absolute atomic E-state index is 4.64. The van der Waals surface area contributed by atoms with Crippen LogP contribution in [0.15, 0.2) is 48.5 Å². The van der Waals surface area contributed by atoms with Crippen LogP contribution in [0.2, 0.25) is 0 Å². The second kappa shape index (κ2) is 4.92. The number of H-pyrrole nitrogens is 1. The highest BCUT2D eigenvalue weighted by atomic mass is 15.1. The Bertz CT molecular complexity index is 742. The SMILES string of the molecule is CC1Cc2ccccc2C(Nc2nc3ccccc3[nH]2)C1. The van der Waals surface area contributed by atoms with Gasteiger partial charge in [-0.1, -0.05) is 43.3 Å². The van der Waals surface area contributed by atoms with Gasteiger partial charge in [0.25, 0.3) is 0 Å². The number of imidazole rings is 1. The van der Waals surface area contributed by atoms with Crippen LogP contribution in [0.4, 0.5) is 5.95 Å². The highest BCUT2D eigenvalue weighted by molar-refractivity contribution is 5.77. The fourth-order valence-electron chi connectivity index (χ4n) is 3.37. The van der Waals surface area contributed by atoms with Crippen LogP contribution >= 0.6 is 0 Å². The van der Waals surface area contributed by atoms with Crippen molar-refractivity contribution in [3.8, 4) is 0 Å². The van der Waals surface area contributed by atoms with Gasteiger partial charge in [0.1, 0.15) is 0 Å². The van der Waals surface area contributed by atoms with Gasteiger partial charge >= 0.3 is 0 Å². The van der Waals surface area contributed by atoms with E-state index >= 15 is 0 Å². The molecule has 2 unspecified atom stereocenters. The fourth-order valence-corrected chi connectivity index (χ4v) is 3.37. The molecule has 3 heteroatoms. The Morgan fingerprint density at radius 3 is 2.81 bits per heavy atom. The summed E-state index contributed by atoms with van der Waals surface area (Å²) in [4.78, 5) is 8.00. The summed E-state index contributed by atoms with van der Waals surface area (Å²) >= 11 is 0. The number of hydrogen-bond donors (Lipinski definition) is 2. The van der Waals surface area contributed by atoms with Crippen molar-refractivity contribution in [2.75, 3.05) is 5.32 Å². The molecule has 0 aliphatic heterocycles. The van der Waals surface area contributed by atoms with Crippen molar-refractivity contribution in [1.82, 2.24) is 9.97 Å². The molecule has 2 atom stereocenters. The number of nitrogens with zero attached hydrogens (tertiary/aromatic N) is 1. The molecule has 0 amide bonds. The molecule has 3 nitrogen and oxygen atoms in total. The second-order valence-electron chi connectivity index (χ2n) is 6.04. The topological polar surface area (TPSA) is 40.7 Å². The van der Waals surface area contributed by atoms with Crippen molar-refractivity contribution >= 4 is 17.0 Å². The third kappa shape index (κ3) is 2.29. The van der Waals surface area contributed by atoms with Crippen molar-refractivity contribution < 1.29 is 0 Å². The molecule has 0 spiro atoms. The average molecular weight is 277 g/mol. The molecule has 0 saturated carbocycles. The first kappa shape index (κ1) is 12.5. The van der Waals surface area contributed by atoms with Crippen LogP contribution in [-0.2, 0) is 6.42 Å². The number of rotatable bonds is 2. The van der Waals surface area contributed by atoms with Gasteiger partial charge in [0.2, 0.25) is 5.95 Å². The summed E-state index contributed by atoms with van der Waals surface area (Å²) in [6.07, 6.45) is 2.32. The third-order valence-electron chi connectivity index (χ3n) is 4.34. The first-order valence-electron chi connectivity index (χ1n) is 7.58. The minimum Gasteiger partial charge on any atom is -0.349 e. The van der Waals surface area contributed by atoms with Crippen molar-refractivity contribution in [1.29, 1.82) is 0 Å². The zero-order chi connectivity index (χ0) is 14.2. The number of aromatic nitrogens is 2. The van der Waals surface area contributed by atoms with Crippen LogP contribution in [0, 0.1) is 5.92 Å². The van der Waals surface area contributed by atoms with Gasteiger partial charge in [0, 0.05) is 0 Å². The minimum atomic E-state index is 0.338. The van der Waals surface area contributed by atoms with Gasteiger partial charge in [-0.3, -0.25) is 0 Å². The van der Waals surface area contributed by atoms with Crippen LogP contribution in [-0.4, -0.2) is 9.97 Å². The predicted octanol–water partition coefficient (Wildman–Crippen LogP) is 4.30. The van der Waals surface area contributed by atoms with Crippen LogP contribution < -0.4 is 5.32 Å². The Hall–Kier alpha value is -2.29. The molecule has 1 heterocycles. The van der Waals surface area contributed by atoms with E-state index in [1.165, 1.54) is 17.5 Å². The van der Waals surface area contributed by atoms with Gasteiger partial charge < -0.3 is 10.3 Å². The Balaban J connectivity index is 1.67. The van der Waals surface area contributed by atoms with E-state index in [2.05, 4.69) is 52.5 Å². The lowest BCUT2D eigenvalue weighted by atomic mass is 9.82. The summed E-state index contributed by atoms with van der Waals surface area (Å²) in [7, 11) is 0. The Labute approximate surface area is 124 Å². The molecule has 1 aromatic heterocycles. The van der Waals surface area contributed by atoms with Crippen LogP contribution in [0.5, 0.6) is 0 Å². The maximum Gasteiger partial charge on any atom is 0.201 e. The standard InChI is InChI=1S/C18H19N3/c1-12-10-13-6-2-3-7-14(13)17(11-12)21-18-19-15-8-4-5-9-16(15)20-18/h2-9,12,17H,10-11H2,1H3,(H2,19,20,21).